The Morgan fingerprint density at radius 3 is 2.91 bits per heavy atom. The second-order valence-corrected chi connectivity index (χ2v) is 5.42. The molecule has 1 heterocycles. The smallest absolute Gasteiger partial charge is 0.272 e. The maximum Gasteiger partial charge on any atom is 0.272 e. The van der Waals surface area contributed by atoms with Crippen molar-refractivity contribution in [1.29, 1.82) is 5.41 Å². The minimum atomic E-state index is -0.519. The standard InChI is InChI=1S/C17H17FN4O.2H2/c18-12-5-6-14(19)13(9-12)16(20)17(23)22-8-7-21-15-4-2-1-3-11(15)10-22;;/h1-6,9,20-21H,7-8,10,19H2;2*1H. The molecule has 4 N–H and O–H groups in total. The van der Waals surface area contributed by atoms with E-state index in [1.165, 1.54) is 12.1 Å². The number of para-hydroxylation sites is 1. The van der Waals surface area contributed by atoms with Crippen LogP contribution in [0.25, 0.3) is 0 Å². The number of nitrogens with one attached hydrogen (secondary N) is 2. The second kappa shape index (κ2) is 6.08. The Balaban J connectivity index is 0.00000156. The highest BCUT2D eigenvalue weighted by molar-refractivity contribution is 6.45. The Hall–Kier alpha value is -2.89. The fraction of sp³-hybridized carbons (Fsp3) is 0.176. The highest BCUT2D eigenvalue weighted by Gasteiger charge is 2.24. The molecular formula is C17H21FN4O. The molecule has 2 aromatic rings. The van der Waals surface area contributed by atoms with Crippen LogP contribution in [-0.2, 0) is 11.3 Å². The van der Waals surface area contributed by atoms with Gasteiger partial charge in [-0.3, -0.25) is 10.2 Å². The van der Waals surface area contributed by atoms with Crippen molar-refractivity contribution in [2.75, 3.05) is 24.1 Å². The molecule has 0 saturated carbocycles. The van der Waals surface area contributed by atoms with E-state index in [4.69, 9.17) is 11.1 Å². The number of anilines is 2. The summed E-state index contributed by atoms with van der Waals surface area (Å²) in [5, 5.41) is 11.4. The van der Waals surface area contributed by atoms with Gasteiger partial charge in [0.05, 0.1) is 0 Å². The molecule has 1 amide bonds. The first-order valence-electron chi connectivity index (χ1n) is 7.31. The lowest BCUT2D eigenvalue weighted by atomic mass is 10.1. The Morgan fingerprint density at radius 2 is 2.09 bits per heavy atom. The summed E-state index contributed by atoms with van der Waals surface area (Å²) in [6.07, 6.45) is 0. The first kappa shape index (κ1) is 15.0. The minimum Gasteiger partial charge on any atom is -0.398 e. The van der Waals surface area contributed by atoms with Crippen molar-refractivity contribution in [3.8, 4) is 0 Å². The lowest BCUT2D eigenvalue weighted by Crippen LogP contribution is -2.38. The predicted octanol–water partition coefficient (Wildman–Crippen LogP) is 2.72. The van der Waals surface area contributed by atoms with Gasteiger partial charge in [0.2, 0.25) is 0 Å². The van der Waals surface area contributed by atoms with Crippen molar-refractivity contribution in [2.24, 2.45) is 0 Å². The maximum atomic E-state index is 13.4. The molecule has 0 aliphatic carbocycles. The van der Waals surface area contributed by atoms with Crippen LogP contribution in [0, 0.1) is 11.2 Å². The fourth-order valence-electron chi connectivity index (χ4n) is 2.63. The zero-order valence-electron chi connectivity index (χ0n) is 12.5. The Morgan fingerprint density at radius 1 is 1.30 bits per heavy atom. The molecule has 122 valence electrons. The summed E-state index contributed by atoms with van der Waals surface area (Å²) >= 11 is 0. The normalized spacial score (nSPS) is 13.7. The molecule has 0 aromatic heterocycles. The molecule has 0 spiro atoms. The molecule has 0 fully saturated rings. The van der Waals surface area contributed by atoms with Crippen LogP contribution in [0.15, 0.2) is 42.5 Å². The van der Waals surface area contributed by atoms with Gasteiger partial charge in [-0.2, -0.15) is 0 Å². The quantitative estimate of drug-likeness (QED) is 0.588. The summed E-state index contributed by atoms with van der Waals surface area (Å²) in [5.74, 6) is -0.976. The number of nitrogen functional groups attached to an aromatic ring is 1. The Labute approximate surface area is 136 Å². The van der Waals surface area contributed by atoms with Crippen LogP contribution in [0.2, 0.25) is 0 Å². The third-order valence-corrected chi connectivity index (χ3v) is 3.86. The van der Waals surface area contributed by atoms with Crippen molar-refractivity contribution in [3.05, 3.63) is 59.4 Å². The molecule has 23 heavy (non-hydrogen) atoms. The highest BCUT2D eigenvalue weighted by Crippen LogP contribution is 2.21. The largest absolute Gasteiger partial charge is 0.398 e. The SMILES string of the molecule is N=C(C(=O)N1CCNc2ccccc2C1)c1cc(F)ccc1N.[HH].[HH]. The van der Waals surface area contributed by atoms with Crippen LogP contribution in [0.3, 0.4) is 0 Å². The van der Waals surface area contributed by atoms with Gasteiger partial charge in [0.25, 0.3) is 5.91 Å². The fourth-order valence-corrected chi connectivity index (χ4v) is 2.63. The highest BCUT2D eigenvalue weighted by atomic mass is 19.1. The van der Waals surface area contributed by atoms with E-state index in [9.17, 15) is 9.18 Å². The minimum absolute atomic E-state index is 0. The average Bonchev–Trinajstić information content (AvgIpc) is 2.78. The summed E-state index contributed by atoms with van der Waals surface area (Å²) in [7, 11) is 0. The van der Waals surface area contributed by atoms with Gasteiger partial charge in [-0.05, 0) is 29.8 Å². The van der Waals surface area contributed by atoms with Crippen molar-refractivity contribution >= 4 is 23.0 Å². The summed E-state index contributed by atoms with van der Waals surface area (Å²) in [4.78, 5) is 14.2. The van der Waals surface area contributed by atoms with E-state index in [0.717, 1.165) is 17.3 Å². The van der Waals surface area contributed by atoms with Crippen molar-refractivity contribution in [3.63, 3.8) is 0 Å². The van der Waals surface area contributed by atoms with Crippen molar-refractivity contribution in [1.82, 2.24) is 4.90 Å². The first-order valence-corrected chi connectivity index (χ1v) is 7.31. The van der Waals surface area contributed by atoms with Crippen LogP contribution in [-0.4, -0.2) is 29.6 Å². The Bertz CT molecular complexity index is 785. The van der Waals surface area contributed by atoms with E-state index in [0.29, 0.717) is 19.6 Å². The molecule has 1 aliphatic rings. The van der Waals surface area contributed by atoms with Gasteiger partial charge in [0, 0.05) is 39.4 Å². The number of rotatable bonds is 2. The number of carbonyl (C=O) groups is 1. The second-order valence-electron chi connectivity index (χ2n) is 5.42. The molecule has 0 atom stereocenters. The van der Waals surface area contributed by atoms with Crippen LogP contribution in [0.1, 0.15) is 14.0 Å². The summed E-state index contributed by atoms with van der Waals surface area (Å²) in [5.41, 5.74) is 7.80. The number of halogens is 1. The zero-order chi connectivity index (χ0) is 16.4. The van der Waals surface area contributed by atoms with E-state index in [-0.39, 0.29) is 19.8 Å². The number of benzene rings is 2. The third kappa shape index (κ3) is 3.01. The van der Waals surface area contributed by atoms with Gasteiger partial charge in [0.1, 0.15) is 11.5 Å². The molecule has 0 saturated heterocycles. The third-order valence-electron chi connectivity index (χ3n) is 3.86. The van der Waals surface area contributed by atoms with Gasteiger partial charge in [0.15, 0.2) is 0 Å². The molecule has 3 rings (SSSR count). The van der Waals surface area contributed by atoms with Crippen LogP contribution in [0.5, 0.6) is 0 Å². The van der Waals surface area contributed by atoms with Crippen LogP contribution in [0.4, 0.5) is 15.8 Å². The maximum absolute atomic E-state index is 13.4. The van der Waals surface area contributed by atoms with Gasteiger partial charge in [-0.1, -0.05) is 18.2 Å². The number of carbonyl (C=O) groups excluding carboxylic acids is 1. The van der Waals surface area contributed by atoms with E-state index >= 15 is 0 Å². The molecule has 0 unspecified atom stereocenters. The van der Waals surface area contributed by atoms with Gasteiger partial charge in [-0.25, -0.2) is 4.39 Å². The average molecular weight is 316 g/mol. The molecule has 5 nitrogen and oxygen atoms in total. The van der Waals surface area contributed by atoms with Crippen LogP contribution >= 0.6 is 0 Å². The predicted molar refractivity (Wildman–Crippen MR) is 92.2 cm³/mol. The number of hydrogen-bond donors (Lipinski definition) is 3. The lowest BCUT2D eigenvalue weighted by molar-refractivity contribution is -0.124. The van der Waals surface area contributed by atoms with Crippen LogP contribution < -0.4 is 11.1 Å². The molecular weight excluding hydrogens is 295 g/mol. The van der Waals surface area contributed by atoms with E-state index in [1.807, 2.05) is 24.3 Å². The number of amides is 1. The first-order chi connectivity index (χ1) is 11.1. The van der Waals surface area contributed by atoms with E-state index < -0.39 is 11.7 Å². The van der Waals surface area contributed by atoms with Crippen molar-refractivity contribution in [2.45, 2.75) is 6.54 Å². The monoisotopic (exact) mass is 316 g/mol. The zero-order valence-corrected chi connectivity index (χ0v) is 12.5. The molecule has 0 radical (unpaired) electrons. The van der Waals surface area contributed by atoms with Gasteiger partial charge < -0.3 is 16.0 Å². The number of fused-ring (bicyclic) bond motifs is 1. The summed E-state index contributed by atoms with van der Waals surface area (Å²) in [6, 6.07) is 11.4. The number of nitrogens with zero attached hydrogens (tertiary/aromatic N) is 1. The van der Waals surface area contributed by atoms with E-state index in [2.05, 4.69) is 5.32 Å². The molecule has 1 aliphatic heterocycles. The molecule has 0 bridgehead atoms. The number of nitrogens with two attached hydrogens (primary N) is 1. The van der Waals surface area contributed by atoms with Gasteiger partial charge >= 0.3 is 0 Å². The van der Waals surface area contributed by atoms with E-state index in [1.54, 1.807) is 4.90 Å². The summed E-state index contributed by atoms with van der Waals surface area (Å²) < 4.78 is 13.4. The topological polar surface area (TPSA) is 82.2 Å². The molecule has 2 aromatic carbocycles. The van der Waals surface area contributed by atoms with Crippen molar-refractivity contribution < 1.29 is 12.0 Å². The molecule has 6 heteroatoms. The Kier molecular flexibility index (Phi) is 3.97. The van der Waals surface area contributed by atoms with Gasteiger partial charge in [-0.15, -0.1) is 0 Å². The summed E-state index contributed by atoms with van der Waals surface area (Å²) in [6.45, 7) is 1.46. The lowest BCUT2D eigenvalue weighted by Gasteiger charge is -2.21. The number of hydrogen-bond acceptors (Lipinski definition) is 4.